The van der Waals surface area contributed by atoms with Gasteiger partial charge in [-0.25, -0.2) is 4.39 Å². The van der Waals surface area contributed by atoms with Gasteiger partial charge in [-0.15, -0.1) is 0 Å². The van der Waals surface area contributed by atoms with Crippen LogP contribution in [-0.2, 0) is 19.5 Å². The first-order valence-electron chi connectivity index (χ1n) is 8.99. The van der Waals surface area contributed by atoms with Gasteiger partial charge in [-0.1, -0.05) is 12.1 Å². The summed E-state index contributed by atoms with van der Waals surface area (Å²) in [6, 6.07) is 6.72. The van der Waals surface area contributed by atoms with E-state index in [0.717, 1.165) is 67.1 Å². The molecule has 2 aliphatic rings. The number of fused-ring (bicyclic) bond motifs is 1. The molecule has 0 radical (unpaired) electrons. The van der Waals surface area contributed by atoms with Crippen molar-refractivity contribution in [2.75, 3.05) is 19.6 Å². The van der Waals surface area contributed by atoms with Gasteiger partial charge in [0, 0.05) is 44.7 Å². The second-order valence-corrected chi connectivity index (χ2v) is 7.02. The van der Waals surface area contributed by atoms with E-state index >= 15 is 0 Å². The normalized spacial score (nSPS) is 17.8. The van der Waals surface area contributed by atoms with Crippen molar-refractivity contribution >= 4 is 5.91 Å². The topological polar surface area (TPSA) is 36.7 Å². The van der Waals surface area contributed by atoms with E-state index in [0.29, 0.717) is 13.1 Å². The van der Waals surface area contributed by atoms with Crippen LogP contribution in [0.25, 0.3) is 0 Å². The van der Waals surface area contributed by atoms with Gasteiger partial charge in [-0.2, -0.15) is 0 Å². The molecule has 5 heteroatoms. The number of nitrogens with zero attached hydrogens (tertiary/aromatic N) is 2. The van der Waals surface area contributed by atoms with E-state index in [9.17, 15) is 9.18 Å². The van der Waals surface area contributed by atoms with E-state index in [-0.39, 0.29) is 11.7 Å². The molecule has 25 heavy (non-hydrogen) atoms. The number of amides is 1. The maximum atomic E-state index is 13.4. The van der Waals surface area contributed by atoms with E-state index in [4.69, 9.17) is 4.42 Å². The number of hydrogen-bond donors (Lipinski definition) is 0. The summed E-state index contributed by atoms with van der Waals surface area (Å²) in [4.78, 5) is 17.1. The summed E-state index contributed by atoms with van der Waals surface area (Å²) in [6.45, 7) is 5.78. The molecular formula is C20H23FN2O2. The molecule has 4 nitrogen and oxygen atoms in total. The quantitative estimate of drug-likeness (QED) is 0.856. The zero-order valence-corrected chi connectivity index (χ0v) is 14.6. The molecule has 2 aliphatic heterocycles. The third-order valence-corrected chi connectivity index (χ3v) is 5.21. The minimum atomic E-state index is -0.209. The fraction of sp³-hybridized carbons (Fsp3) is 0.450. The van der Waals surface area contributed by atoms with Crippen LogP contribution in [-0.4, -0.2) is 35.3 Å². The monoisotopic (exact) mass is 342 g/mol. The lowest BCUT2D eigenvalue weighted by Crippen LogP contribution is -2.33. The summed E-state index contributed by atoms with van der Waals surface area (Å²) < 4.78 is 19.3. The maximum absolute atomic E-state index is 13.4. The summed E-state index contributed by atoms with van der Waals surface area (Å²) in [6.07, 6.45) is 2.95. The lowest BCUT2D eigenvalue weighted by atomic mass is 10.0. The highest BCUT2D eigenvalue weighted by atomic mass is 19.1. The highest BCUT2D eigenvalue weighted by Gasteiger charge is 2.31. The van der Waals surface area contributed by atoms with Gasteiger partial charge in [-0.05, 0) is 37.5 Å². The Balaban J connectivity index is 1.56. The Morgan fingerprint density at radius 3 is 2.80 bits per heavy atom. The summed E-state index contributed by atoms with van der Waals surface area (Å²) in [7, 11) is 0. The average molecular weight is 342 g/mol. The Morgan fingerprint density at radius 1 is 1.24 bits per heavy atom. The molecule has 0 N–H and O–H groups in total. The Hall–Kier alpha value is -2.14. The number of benzene rings is 1. The highest BCUT2D eigenvalue weighted by Crippen LogP contribution is 2.30. The standard InChI is InChI=1S/C20H23FN2O2/c1-14-19(20(24)23-8-2-3-9-23)17-13-22(10-7-18(17)25-14)12-15-5-4-6-16(21)11-15/h4-6,11H,2-3,7-10,12-13H2,1H3. The predicted molar refractivity (Wildman–Crippen MR) is 92.8 cm³/mol. The molecule has 1 amide bonds. The number of hydrogen-bond acceptors (Lipinski definition) is 3. The van der Waals surface area contributed by atoms with Crippen molar-refractivity contribution in [1.29, 1.82) is 0 Å². The van der Waals surface area contributed by atoms with Crippen molar-refractivity contribution in [3.63, 3.8) is 0 Å². The Bertz CT molecular complexity index is 793. The molecule has 1 aromatic carbocycles. The zero-order valence-electron chi connectivity index (χ0n) is 14.6. The van der Waals surface area contributed by atoms with Crippen molar-refractivity contribution in [3.05, 3.63) is 58.3 Å². The molecule has 2 aromatic rings. The van der Waals surface area contributed by atoms with Crippen LogP contribution in [0, 0.1) is 12.7 Å². The summed E-state index contributed by atoms with van der Waals surface area (Å²) >= 11 is 0. The number of carbonyl (C=O) groups is 1. The van der Waals surface area contributed by atoms with E-state index in [2.05, 4.69) is 4.90 Å². The van der Waals surface area contributed by atoms with Crippen molar-refractivity contribution < 1.29 is 13.6 Å². The van der Waals surface area contributed by atoms with Crippen LogP contribution in [0.2, 0.25) is 0 Å². The molecule has 132 valence electrons. The maximum Gasteiger partial charge on any atom is 0.257 e. The number of likely N-dealkylation sites (tertiary alicyclic amines) is 1. The van der Waals surface area contributed by atoms with Gasteiger partial charge in [0.2, 0.25) is 0 Å². The molecule has 0 spiro atoms. The molecule has 1 saturated heterocycles. The van der Waals surface area contributed by atoms with E-state index < -0.39 is 0 Å². The fourth-order valence-corrected chi connectivity index (χ4v) is 3.97. The molecule has 1 fully saturated rings. The van der Waals surface area contributed by atoms with Crippen molar-refractivity contribution in [2.24, 2.45) is 0 Å². The van der Waals surface area contributed by atoms with Crippen LogP contribution in [0.5, 0.6) is 0 Å². The summed E-state index contributed by atoms with van der Waals surface area (Å²) in [5.74, 6) is 1.57. The first-order valence-corrected chi connectivity index (χ1v) is 8.99. The minimum Gasteiger partial charge on any atom is -0.465 e. The largest absolute Gasteiger partial charge is 0.465 e. The van der Waals surface area contributed by atoms with Crippen molar-refractivity contribution in [3.8, 4) is 0 Å². The molecule has 0 bridgehead atoms. The van der Waals surface area contributed by atoms with Gasteiger partial charge in [0.15, 0.2) is 0 Å². The Morgan fingerprint density at radius 2 is 2.04 bits per heavy atom. The summed E-state index contributed by atoms with van der Waals surface area (Å²) in [5, 5.41) is 0. The Kier molecular flexibility index (Phi) is 4.34. The van der Waals surface area contributed by atoms with Crippen LogP contribution < -0.4 is 0 Å². The minimum absolute atomic E-state index is 0.104. The number of furan rings is 1. The summed E-state index contributed by atoms with van der Waals surface area (Å²) in [5.41, 5.74) is 2.73. The van der Waals surface area contributed by atoms with Gasteiger partial charge >= 0.3 is 0 Å². The van der Waals surface area contributed by atoms with Gasteiger partial charge < -0.3 is 9.32 Å². The van der Waals surface area contributed by atoms with Crippen molar-refractivity contribution in [2.45, 2.75) is 39.3 Å². The van der Waals surface area contributed by atoms with Crippen LogP contribution in [0.4, 0.5) is 4.39 Å². The SMILES string of the molecule is Cc1oc2c(c1C(=O)N1CCCC1)CN(Cc1cccc(F)c1)CC2. The van der Waals surface area contributed by atoms with E-state index in [1.807, 2.05) is 17.9 Å². The smallest absolute Gasteiger partial charge is 0.257 e. The average Bonchev–Trinajstić information content (AvgIpc) is 3.21. The molecule has 0 saturated carbocycles. The molecule has 0 unspecified atom stereocenters. The predicted octanol–water partition coefficient (Wildman–Crippen LogP) is 3.52. The molecule has 0 aliphatic carbocycles. The lowest BCUT2D eigenvalue weighted by Gasteiger charge is -2.27. The molecule has 3 heterocycles. The lowest BCUT2D eigenvalue weighted by molar-refractivity contribution is 0.0789. The van der Waals surface area contributed by atoms with Crippen LogP contribution >= 0.6 is 0 Å². The van der Waals surface area contributed by atoms with Crippen LogP contribution in [0.15, 0.2) is 28.7 Å². The second kappa shape index (κ2) is 6.64. The van der Waals surface area contributed by atoms with Gasteiger partial charge in [-0.3, -0.25) is 9.69 Å². The number of carbonyl (C=O) groups excluding carboxylic acids is 1. The van der Waals surface area contributed by atoms with Gasteiger partial charge in [0.1, 0.15) is 17.3 Å². The fourth-order valence-electron chi connectivity index (χ4n) is 3.97. The third-order valence-electron chi connectivity index (χ3n) is 5.21. The van der Waals surface area contributed by atoms with Crippen molar-refractivity contribution in [1.82, 2.24) is 9.80 Å². The Labute approximate surface area is 147 Å². The van der Waals surface area contributed by atoms with E-state index in [1.165, 1.54) is 6.07 Å². The van der Waals surface area contributed by atoms with Crippen LogP contribution in [0.3, 0.4) is 0 Å². The number of halogens is 1. The molecule has 1 aromatic heterocycles. The van der Waals surface area contributed by atoms with Gasteiger partial charge in [0.25, 0.3) is 5.91 Å². The molecular weight excluding hydrogens is 319 g/mol. The van der Waals surface area contributed by atoms with Crippen LogP contribution in [0.1, 0.15) is 45.8 Å². The van der Waals surface area contributed by atoms with E-state index in [1.54, 1.807) is 12.1 Å². The molecule has 0 atom stereocenters. The first-order chi connectivity index (χ1) is 12.1. The second-order valence-electron chi connectivity index (χ2n) is 7.02. The molecule has 4 rings (SSSR count). The highest BCUT2D eigenvalue weighted by molar-refractivity contribution is 5.97. The first kappa shape index (κ1) is 16.3. The number of aryl methyl sites for hydroxylation is 1. The number of rotatable bonds is 3. The van der Waals surface area contributed by atoms with Gasteiger partial charge in [0.05, 0.1) is 5.56 Å². The zero-order chi connectivity index (χ0) is 17.4. The third kappa shape index (κ3) is 3.21.